The molecule has 0 saturated carbocycles. The number of nitrogens with zero attached hydrogens (tertiary/aromatic N) is 3. The van der Waals surface area contributed by atoms with Crippen molar-refractivity contribution in [3.05, 3.63) is 67.0 Å². The van der Waals surface area contributed by atoms with Crippen LogP contribution in [0, 0.1) is 6.92 Å². The van der Waals surface area contributed by atoms with Crippen molar-refractivity contribution in [3.63, 3.8) is 0 Å². The fraction of sp³-hybridized carbons (Fsp3) is 0.133. The van der Waals surface area contributed by atoms with E-state index in [-0.39, 0.29) is 0 Å². The zero-order valence-electron chi connectivity index (χ0n) is 10.6. The predicted octanol–water partition coefficient (Wildman–Crippen LogP) is 2.40. The van der Waals surface area contributed by atoms with E-state index in [1.54, 1.807) is 0 Å². The van der Waals surface area contributed by atoms with Crippen molar-refractivity contribution in [1.82, 2.24) is 9.13 Å². The van der Waals surface area contributed by atoms with Gasteiger partial charge in [-0.3, -0.25) is 0 Å². The monoisotopic (exact) mass is 238 g/mol. The van der Waals surface area contributed by atoms with Gasteiger partial charge in [-0.05, 0) is 30.7 Å². The lowest BCUT2D eigenvalue weighted by Crippen LogP contribution is -2.23. The molecule has 18 heavy (non-hydrogen) atoms. The molecule has 0 amide bonds. The van der Waals surface area contributed by atoms with Gasteiger partial charge in [0.15, 0.2) is 0 Å². The highest BCUT2D eigenvalue weighted by Gasteiger charge is 2.05. The van der Waals surface area contributed by atoms with Crippen molar-refractivity contribution >= 4 is 0 Å². The Bertz CT molecular complexity index is 621. The molecule has 3 rings (SSSR count). The van der Waals surface area contributed by atoms with Crippen LogP contribution in [0.3, 0.4) is 0 Å². The second kappa shape index (κ2) is 4.18. The topological polar surface area (TPSA) is 13.7 Å². The van der Waals surface area contributed by atoms with E-state index in [2.05, 4.69) is 71.3 Å². The maximum Gasteiger partial charge on any atom is 0.248 e. The van der Waals surface area contributed by atoms with Crippen LogP contribution in [-0.4, -0.2) is 9.13 Å². The van der Waals surface area contributed by atoms with Gasteiger partial charge < -0.3 is 4.57 Å². The highest BCUT2D eigenvalue weighted by Crippen LogP contribution is 2.15. The number of aryl methyl sites for hydroxylation is 2. The number of hydrogen-bond donors (Lipinski definition) is 0. The summed E-state index contributed by atoms with van der Waals surface area (Å²) in [5, 5.41) is 0. The lowest BCUT2D eigenvalue weighted by Gasteiger charge is -2.03. The molecule has 0 N–H and O–H groups in total. The highest BCUT2D eigenvalue weighted by molar-refractivity contribution is 5.44. The van der Waals surface area contributed by atoms with Crippen LogP contribution in [0.4, 0.5) is 0 Å². The van der Waals surface area contributed by atoms with Gasteiger partial charge >= 0.3 is 0 Å². The fourth-order valence-electron chi connectivity index (χ4n) is 2.08. The average molecular weight is 238 g/mol. The quantitative estimate of drug-likeness (QED) is 0.609. The van der Waals surface area contributed by atoms with Crippen LogP contribution < -0.4 is 4.57 Å². The minimum absolute atomic E-state index is 1.17. The Kier molecular flexibility index (Phi) is 2.52. The Balaban J connectivity index is 2.04. The van der Waals surface area contributed by atoms with Crippen LogP contribution in [0.2, 0.25) is 0 Å². The number of aromatic nitrogens is 3. The van der Waals surface area contributed by atoms with Gasteiger partial charge in [0.25, 0.3) is 0 Å². The van der Waals surface area contributed by atoms with E-state index in [1.807, 2.05) is 17.8 Å². The Morgan fingerprint density at radius 3 is 2.39 bits per heavy atom. The first-order chi connectivity index (χ1) is 8.72. The summed E-state index contributed by atoms with van der Waals surface area (Å²) in [6.45, 7) is 2.10. The van der Waals surface area contributed by atoms with Crippen molar-refractivity contribution < 1.29 is 4.57 Å². The molecule has 3 aromatic rings. The molecule has 0 saturated heterocycles. The SMILES string of the molecule is Cc1ccn(-c2cccc(-n3cc[n+](C)c3)c2)c1. The van der Waals surface area contributed by atoms with Gasteiger partial charge in [0, 0.05) is 24.1 Å². The molecular weight excluding hydrogens is 222 g/mol. The van der Waals surface area contributed by atoms with Crippen LogP contribution in [0.15, 0.2) is 61.4 Å². The van der Waals surface area contributed by atoms with Gasteiger partial charge in [0.1, 0.15) is 18.1 Å². The largest absolute Gasteiger partial charge is 0.323 e. The molecule has 3 heteroatoms. The minimum atomic E-state index is 1.17. The maximum absolute atomic E-state index is 2.18. The Hall–Kier alpha value is -2.29. The van der Waals surface area contributed by atoms with Gasteiger partial charge in [0.05, 0.1) is 7.05 Å². The third-order valence-electron chi connectivity index (χ3n) is 3.04. The first kappa shape index (κ1) is 10.8. The molecule has 0 aliphatic carbocycles. The normalized spacial score (nSPS) is 10.8. The van der Waals surface area contributed by atoms with Gasteiger partial charge in [-0.15, -0.1) is 0 Å². The maximum atomic E-state index is 2.18. The summed E-state index contributed by atoms with van der Waals surface area (Å²) in [7, 11) is 2.02. The van der Waals surface area contributed by atoms with Crippen molar-refractivity contribution in [1.29, 1.82) is 0 Å². The number of hydrogen-bond acceptors (Lipinski definition) is 0. The summed E-state index contributed by atoms with van der Waals surface area (Å²) in [6.07, 6.45) is 10.4. The first-order valence-electron chi connectivity index (χ1n) is 6.01. The van der Waals surface area contributed by atoms with Crippen molar-refractivity contribution in [2.24, 2.45) is 7.05 Å². The summed E-state index contributed by atoms with van der Waals surface area (Å²) in [4.78, 5) is 0. The summed E-state index contributed by atoms with van der Waals surface area (Å²) in [5.41, 5.74) is 3.61. The van der Waals surface area contributed by atoms with Crippen molar-refractivity contribution in [2.75, 3.05) is 0 Å². The highest BCUT2D eigenvalue weighted by atomic mass is 15.1. The third-order valence-corrected chi connectivity index (χ3v) is 3.04. The molecule has 0 fully saturated rings. The molecule has 0 atom stereocenters. The van der Waals surface area contributed by atoms with Gasteiger partial charge in [-0.1, -0.05) is 6.07 Å². The van der Waals surface area contributed by atoms with Crippen LogP contribution in [0.1, 0.15) is 5.56 Å². The molecule has 2 heterocycles. The molecule has 2 aromatic heterocycles. The molecule has 1 aromatic carbocycles. The van der Waals surface area contributed by atoms with Crippen LogP contribution >= 0.6 is 0 Å². The molecule has 0 spiro atoms. The smallest absolute Gasteiger partial charge is 0.248 e. The first-order valence-corrected chi connectivity index (χ1v) is 6.01. The van der Waals surface area contributed by atoms with Crippen LogP contribution in [0.5, 0.6) is 0 Å². The van der Waals surface area contributed by atoms with Gasteiger partial charge in [-0.2, -0.15) is 0 Å². The summed E-state index contributed by atoms with van der Waals surface area (Å²) < 4.78 is 6.29. The van der Waals surface area contributed by atoms with Crippen molar-refractivity contribution in [2.45, 2.75) is 6.92 Å². The zero-order chi connectivity index (χ0) is 12.5. The second-order valence-corrected chi connectivity index (χ2v) is 4.60. The summed E-state index contributed by atoms with van der Waals surface area (Å²) >= 11 is 0. The molecule has 0 bridgehead atoms. The lowest BCUT2D eigenvalue weighted by atomic mass is 10.2. The minimum Gasteiger partial charge on any atom is -0.323 e. The van der Waals surface area contributed by atoms with Crippen molar-refractivity contribution in [3.8, 4) is 11.4 Å². The molecule has 3 nitrogen and oxygen atoms in total. The molecule has 0 radical (unpaired) electrons. The number of rotatable bonds is 2. The van der Waals surface area contributed by atoms with E-state index in [0.29, 0.717) is 0 Å². The van der Waals surface area contributed by atoms with E-state index in [0.717, 1.165) is 0 Å². The van der Waals surface area contributed by atoms with Gasteiger partial charge in [0.2, 0.25) is 6.33 Å². The van der Waals surface area contributed by atoms with Gasteiger partial charge in [-0.25, -0.2) is 9.13 Å². The summed E-state index contributed by atoms with van der Waals surface area (Å²) in [6, 6.07) is 10.6. The number of imidazole rings is 1. The summed E-state index contributed by atoms with van der Waals surface area (Å²) in [5.74, 6) is 0. The fourth-order valence-corrected chi connectivity index (χ4v) is 2.08. The van der Waals surface area contributed by atoms with E-state index in [1.165, 1.54) is 16.9 Å². The Labute approximate surface area is 107 Å². The zero-order valence-corrected chi connectivity index (χ0v) is 10.6. The Morgan fingerprint density at radius 1 is 1.00 bits per heavy atom. The standard InChI is InChI=1S/C15H16N3/c1-13-6-7-17(11-13)14-4-3-5-15(10-14)18-9-8-16(2)12-18/h3-12H,1-2H3/q+1. The molecule has 0 aliphatic heterocycles. The molecule has 90 valence electrons. The third kappa shape index (κ3) is 1.95. The van der Waals surface area contributed by atoms with E-state index in [4.69, 9.17) is 0 Å². The Morgan fingerprint density at radius 2 is 1.78 bits per heavy atom. The second-order valence-electron chi connectivity index (χ2n) is 4.60. The number of benzene rings is 1. The van der Waals surface area contributed by atoms with E-state index < -0.39 is 0 Å². The van der Waals surface area contributed by atoms with Crippen LogP contribution in [-0.2, 0) is 7.05 Å². The predicted molar refractivity (Wildman–Crippen MR) is 71.0 cm³/mol. The molecule has 0 aliphatic rings. The molecular formula is C15H16N3+. The van der Waals surface area contributed by atoms with Crippen LogP contribution in [0.25, 0.3) is 11.4 Å². The lowest BCUT2D eigenvalue weighted by molar-refractivity contribution is -0.670. The van der Waals surface area contributed by atoms with E-state index in [9.17, 15) is 0 Å². The molecule has 0 unspecified atom stereocenters. The average Bonchev–Trinajstić information content (AvgIpc) is 2.98. The van der Waals surface area contributed by atoms with E-state index >= 15 is 0 Å².